The van der Waals surface area contributed by atoms with Crippen molar-refractivity contribution in [3.8, 4) is 5.75 Å². The molecule has 0 unspecified atom stereocenters. The molecule has 94 valence electrons. The Labute approximate surface area is 96.6 Å². The Morgan fingerprint density at radius 1 is 1.47 bits per heavy atom. The highest BCUT2D eigenvalue weighted by molar-refractivity contribution is 6.00. The zero-order valence-electron chi connectivity index (χ0n) is 9.39. The SMILES string of the molecule is CNCC(=O)c1cc(F)cc(C(F)F)c1OC. The molecule has 0 bridgehead atoms. The minimum absolute atomic E-state index is 0.0809. The third-order valence-corrected chi connectivity index (χ3v) is 2.16. The predicted molar refractivity (Wildman–Crippen MR) is 56.2 cm³/mol. The second kappa shape index (κ2) is 5.67. The fraction of sp³-hybridized carbons (Fsp3) is 0.364. The molecule has 0 saturated carbocycles. The van der Waals surface area contributed by atoms with E-state index < -0.39 is 23.6 Å². The molecule has 0 spiro atoms. The molecule has 0 amide bonds. The number of rotatable bonds is 5. The van der Waals surface area contributed by atoms with Crippen LogP contribution in [0, 0.1) is 5.82 Å². The van der Waals surface area contributed by atoms with Crippen LogP contribution in [0.1, 0.15) is 22.3 Å². The summed E-state index contributed by atoms with van der Waals surface area (Å²) in [4.78, 5) is 11.6. The zero-order valence-corrected chi connectivity index (χ0v) is 9.39. The summed E-state index contributed by atoms with van der Waals surface area (Å²) in [6.07, 6.45) is -2.90. The molecular formula is C11H12F3NO2. The van der Waals surface area contributed by atoms with Crippen LogP contribution in [-0.4, -0.2) is 26.5 Å². The molecule has 0 aliphatic heterocycles. The van der Waals surface area contributed by atoms with Crippen molar-refractivity contribution in [2.24, 2.45) is 0 Å². The maximum absolute atomic E-state index is 13.1. The Balaban J connectivity index is 3.32. The molecule has 6 heteroatoms. The number of nitrogens with one attached hydrogen (secondary N) is 1. The first-order valence-corrected chi connectivity index (χ1v) is 4.84. The van der Waals surface area contributed by atoms with Crippen LogP contribution in [0.15, 0.2) is 12.1 Å². The maximum Gasteiger partial charge on any atom is 0.267 e. The molecule has 0 aliphatic rings. The number of hydrogen-bond acceptors (Lipinski definition) is 3. The van der Waals surface area contributed by atoms with Gasteiger partial charge in [0.1, 0.15) is 11.6 Å². The Bertz CT molecular complexity index is 421. The molecule has 0 fully saturated rings. The quantitative estimate of drug-likeness (QED) is 0.810. The second-order valence-corrected chi connectivity index (χ2v) is 3.33. The van der Waals surface area contributed by atoms with Crippen LogP contribution in [0.25, 0.3) is 0 Å². The molecule has 0 aliphatic carbocycles. The number of alkyl halides is 2. The van der Waals surface area contributed by atoms with Gasteiger partial charge in [0, 0.05) is 0 Å². The lowest BCUT2D eigenvalue weighted by Crippen LogP contribution is -2.19. The van der Waals surface area contributed by atoms with Crippen molar-refractivity contribution in [1.29, 1.82) is 0 Å². The van der Waals surface area contributed by atoms with Crippen LogP contribution in [0.2, 0.25) is 0 Å². The average Bonchev–Trinajstić information content (AvgIpc) is 2.28. The number of Topliss-reactive ketones (excluding diaryl/α,β-unsaturated/α-hetero) is 1. The summed E-state index contributed by atoms with van der Waals surface area (Å²) in [5.74, 6) is -1.67. The van der Waals surface area contributed by atoms with Crippen molar-refractivity contribution in [2.45, 2.75) is 6.43 Å². The van der Waals surface area contributed by atoms with E-state index in [1.807, 2.05) is 0 Å². The third-order valence-electron chi connectivity index (χ3n) is 2.16. The van der Waals surface area contributed by atoms with Gasteiger partial charge >= 0.3 is 0 Å². The number of hydrogen-bond donors (Lipinski definition) is 1. The number of likely N-dealkylation sites (N-methyl/N-ethyl adjacent to an activating group) is 1. The van der Waals surface area contributed by atoms with Crippen LogP contribution >= 0.6 is 0 Å². The Hall–Kier alpha value is -1.56. The average molecular weight is 247 g/mol. The van der Waals surface area contributed by atoms with E-state index in [-0.39, 0.29) is 17.9 Å². The highest BCUT2D eigenvalue weighted by Gasteiger charge is 2.22. The Morgan fingerprint density at radius 2 is 2.12 bits per heavy atom. The summed E-state index contributed by atoms with van der Waals surface area (Å²) in [5.41, 5.74) is -0.802. The van der Waals surface area contributed by atoms with E-state index in [9.17, 15) is 18.0 Å². The standard InChI is InChI=1S/C11H12F3NO2/c1-15-5-9(16)7-3-6(12)4-8(11(13)14)10(7)17-2/h3-4,11,15H,5H2,1-2H3. The lowest BCUT2D eigenvalue weighted by molar-refractivity contribution is 0.0988. The van der Waals surface area contributed by atoms with Crippen molar-refractivity contribution in [3.63, 3.8) is 0 Å². The number of methoxy groups -OCH3 is 1. The van der Waals surface area contributed by atoms with Crippen LogP contribution < -0.4 is 10.1 Å². The fourth-order valence-electron chi connectivity index (χ4n) is 1.47. The Morgan fingerprint density at radius 3 is 2.59 bits per heavy atom. The first-order chi connectivity index (χ1) is 8.01. The highest BCUT2D eigenvalue weighted by Crippen LogP contribution is 2.33. The molecular weight excluding hydrogens is 235 g/mol. The molecule has 0 aromatic heterocycles. The van der Waals surface area contributed by atoms with Gasteiger partial charge in [-0.3, -0.25) is 4.79 Å². The lowest BCUT2D eigenvalue weighted by atomic mass is 10.0. The second-order valence-electron chi connectivity index (χ2n) is 3.33. The number of carbonyl (C=O) groups excluding carboxylic acids is 1. The van der Waals surface area contributed by atoms with Gasteiger partial charge in [0.25, 0.3) is 6.43 Å². The normalized spacial score (nSPS) is 10.7. The zero-order chi connectivity index (χ0) is 13.0. The smallest absolute Gasteiger partial charge is 0.267 e. The first kappa shape index (κ1) is 13.5. The number of carbonyl (C=O) groups is 1. The topological polar surface area (TPSA) is 38.3 Å². The number of ether oxygens (including phenoxy) is 1. The van der Waals surface area contributed by atoms with Gasteiger partial charge in [-0.2, -0.15) is 0 Å². The minimum atomic E-state index is -2.90. The predicted octanol–water partition coefficient (Wildman–Crippen LogP) is 2.17. The summed E-state index contributed by atoms with van der Waals surface area (Å²) in [7, 11) is 2.69. The molecule has 0 radical (unpaired) electrons. The van der Waals surface area contributed by atoms with Crippen LogP contribution in [-0.2, 0) is 0 Å². The highest BCUT2D eigenvalue weighted by atomic mass is 19.3. The van der Waals surface area contributed by atoms with Gasteiger partial charge < -0.3 is 10.1 Å². The molecule has 1 rings (SSSR count). The van der Waals surface area contributed by atoms with Crippen LogP contribution in [0.5, 0.6) is 5.75 Å². The van der Waals surface area contributed by atoms with Gasteiger partial charge in [0.2, 0.25) is 0 Å². The van der Waals surface area contributed by atoms with E-state index in [0.29, 0.717) is 6.07 Å². The lowest BCUT2D eigenvalue weighted by Gasteiger charge is -2.12. The first-order valence-electron chi connectivity index (χ1n) is 4.84. The summed E-state index contributed by atoms with van der Waals surface area (Å²) >= 11 is 0. The van der Waals surface area contributed by atoms with Crippen molar-refractivity contribution in [2.75, 3.05) is 20.7 Å². The molecule has 1 aromatic rings. The number of benzene rings is 1. The van der Waals surface area contributed by atoms with Crippen LogP contribution in [0.4, 0.5) is 13.2 Å². The summed E-state index contributed by atoms with van der Waals surface area (Å²) < 4.78 is 43.2. The van der Waals surface area contributed by atoms with E-state index in [1.54, 1.807) is 0 Å². The summed E-state index contributed by atoms with van der Waals surface area (Å²) in [5, 5.41) is 2.57. The van der Waals surface area contributed by atoms with E-state index >= 15 is 0 Å². The summed E-state index contributed by atoms with van der Waals surface area (Å²) in [6.45, 7) is -0.0809. The van der Waals surface area contributed by atoms with Crippen molar-refractivity contribution >= 4 is 5.78 Å². The van der Waals surface area contributed by atoms with Gasteiger partial charge in [0.15, 0.2) is 5.78 Å². The Kier molecular flexibility index (Phi) is 4.51. The third kappa shape index (κ3) is 2.97. The molecule has 3 nitrogen and oxygen atoms in total. The molecule has 17 heavy (non-hydrogen) atoms. The van der Waals surface area contributed by atoms with E-state index in [2.05, 4.69) is 5.32 Å². The van der Waals surface area contributed by atoms with Gasteiger partial charge in [-0.1, -0.05) is 0 Å². The van der Waals surface area contributed by atoms with Gasteiger partial charge in [0.05, 0.1) is 24.8 Å². The molecule has 0 saturated heterocycles. The van der Waals surface area contributed by atoms with Crippen LogP contribution in [0.3, 0.4) is 0 Å². The molecule has 0 heterocycles. The van der Waals surface area contributed by atoms with Gasteiger partial charge in [-0.05, 0) is 19.2 Å². The van der Waals surface area contributed by atoms with E-state index in [4.69, 9.17) is 4.74 Å². The van der Waals surface area contributed by atoms with Crippen molar-refractivity contribution < 1.29 is 22.7 Å². The monoisotopic (exact) mass is 247 g/mol. The largest absolute Gasteiger partial charge is 0.495 e. The molecule has 0 atom stereocenters. The number of ketones is 1. The number of halogens is 3. The minimum Gasteiger partial charge on any atom is -0.495 e. The van der Waals surface area contributed by atoms with Crippen molar-refractivity contribution in [3.05, 3.63) is 29.1 Å². The van der Waals surface area contributed by atoms with Gasteiger partial charge in [-0.15, -0.1) is 0 Å². The van der Waals surface area contributed by atoms with E-state index in [0.717, 1.165) is 13.2 Å². The van der Waals surface area contributed by atoms with E-state index in [1.165, 1.54) is 7.05 Å². The fourth-order valence-corrected chi connectivity index (χ4v) is 1.47. The molecule has 1 N–H and O–H groups in total. The van der Waals surface area contributed by atoms with Gasteiger partial charge in [-0.25, -0.2) is 13.2 Å². The molecule has 1 aromatic carbocycles. The summed E-state index contributed by atoms with van der Waals surface area (Å²) in [6, 6.07) is 1.56. The van der Waals surface area contributed by atoms with Crippen molar-refractivity contribution in [1.82, 2.24) is 5.32 Å². The maximum atomic E-state index is 13.1.